The molecule has 0 aliphatic carbocycles. The summed E-state index contributed by atoms with van der Waals surface area (Å²) in [6.45, 7) is 6.21. The molecule has 0 saturated heterocycles. The normalized spacial score (nSPS) is 11.3. The second kappa shape index (κ2) is 8.77. The fourth-order valence-corrected chi connectivity index (χ4v) is 4.74. The van der Waals surface area contributed by atoms with Gasteiger partial charge in [-0.15, -0.1) is 0 Å². The Morgan fingerprint density at radius 1 is 1.03 bits per heavy atom. The molecule has 0 aromatic carbocycles. The average molecular weight is 479 g/mol. The number of fused-ring (bicyclic) bond motifs is 2. The fraction of sp³-hybridized carbons (Fsp3) is 0.115. The Balaban J connectivity index is 1.40. The highest BCUT2D eigenvalue weighted by Gasteiger charge is 2.17. The van der Waals surface area contributed by atoms with Crippen LogP contribution < -0.4 is 5.32 Å². The molecule has 0 unspecified atom stereocenters. The van der Waals surface area contributed by atoms with Gasteiger partial charge in [0.25, 0.3) is 0 Å². The Morgan fingerprint density at radius 3 is 2.80 bits per heavy atom. The highest BCUT2D eigenvalue weighted by molar-refractivity contribution is 7.08. The minimum absolute atomic E-state index is 0.643. The van der Waals surface area contributed by atoms with Gasteiger partial charge in [-0.1, -0.05) is 19.9 Å². The number of rotatable bonds is 7. The standard InChI is InChI=1S/C26H22N8S/c1-3-4-15(2)29-18-11-17(12-27-13-18)19-5-6-21-24(30-19)25(34-33-21)26-31-20-7-9-28-22(23(20)32-26)16-8-10-35-14-16/h5-14,29H,2-4H2,1H3,(H,31,32)(H,33,34). The van der Waals surface area contributed by atoms with Crippen molar-refractivity contribution in [3.63, 3.8) is 0 Å². The Hall–Kier alpha value is -4.37. The number of anilines is 1. The second-order valence-electron chi connectivity index (χ2n) is 8.26. The molecule has 0 saturated carbocycles. The van der Waals surface area contributed by atoms with Gasteiger partial charge >= 0.3 is 0 Å². The smallest absolute Gasteiger partial charge is 0.161 e. The van der Waals surface area contributed by atoms with Crippen LogP contribution in [0.1, 0.15) is 19.8 Å². The fourth-order valence-electron chi connectivity index (χ4n) is 4.10. The number of imidazole rings is 1. The summed E-state index contributed by atoms with van der Waals surface area (Å²) < 4.78 is 0. The third kappa shape index (κ3) is 3.95. The second-order valence-corrected chi connectivity index (χ2v) is 9.04. The summed E-state index contributed by atoms with van der Waals surface area (Å²) in [5, 5.41) is 15.0. The molecular weight excluding hydrogens is 456 g/mol. The van der Waals surface area contributed by atoms with E-state index in [1.54, 1.807) is 23.7 Å². The molecule has 0 amide bonds. The number of hydrogen-bond acceptors (Lipinski definition) is 7. The number of allylic oxidation sites excluding steroid dienone is 1. The molecule has 0 spiro atoms. The van der Waals surface area contributed by atoms with Gasteiger partial charge in [-0.3, -0.25) is 15.1 Å². The number of pyridine rings is 3. The van der Waals surface area contributed by atoms with Crippen LogP contribution in [0.15, 0.2) is 72.0 Å². The van der Waals surface area contributed by atoms with Crippen LogP contribution in [0.2, 0.25) is 0 Å². The lowest BCUT2D eigenvalue weighted by Gasteiger charge is -2.09. The monoisotopic (exact) mass is 478 g/mol. The van der Waals surface area contributed by atoms with Crippen molar-refractivity contribution in [2.45, 2.75) is 19.8 Å². The summed E-state index contributed by atoms with van der Waals surface area (Å²) in [7, 11) is 0. The molecule has 172 valence electrons. The Kier molecular flexibility index (Phi) is 5.31. The molecule has 3 N–H and O–H groups in total. The van der Waals surface area contributed by atoms with Gasteiger partial charge in [0.15, 0.2) is 11.5 Å². The van der Waals surface area contributed by atoms with Gasteiger partial charge in [0.05, 0.1) is 34.3 Å². The van der Waals surface area contributed by atoms with Gasteiger partial charge in [0, 0.05) is 34.6 Å². The summed E-state index contributed by atoms with van der Waals surface area (Å²) in [4.78, 5) is 22.1. The quantitative estimate of drug-likeness (QED) is 0.245. The summed E-state index contributed by atoms with van der Waals surface area (Å²) in [6.07, 6.45) is 7.34. The molecule has 0 radical (unpaired) electrons. The molecule has 6 aromatic heterocycles. The maximum Gasteiger partial charge on any atom is 0.161 e. The topological polar surface area (TPSA) is 108 Å². The lowest BCUT2D eigenvalue weighted by Crippen LogP contribution is -1.98. The van der Waals surface area contributed by atoms with Crippen LogP contribution in [0.25, 0.3) is 56.1 Å². The molecule has 35 heavy (non-hydrogen) atoms. The zero-order chi connectivity index (χ0) is 23.8. The molecule has 6 rings (SSSR count). The molecule has 0 fully saturated rings. The Bertz CT molecular complexity index is 1660. The van der Waals surface area contributed by atoms with E-state index in [-0.39, 0.29) is 0 Å². The van der Waals surface area contributed by atoms with Crippen LogP contribution >= 0.6 is 11.3 Å². The van der Waals surface area contributed by atoms with Gasteiger partial charge in [-0.05, 0) is 42.1 Å². The van der Waals surface area contributed by atoms with Crippen LogP contribution in [-0.2, 0) is 0 Å². The van der Waals surface area contributed by atoms with Crippen molar-refractivity contribution in [1.82, 2.24) is 35.1 Å². The zero-order valence-electron chi connectivity index (χ0n) is 19.0. The maximum absolute atomic E-state index is 4.92. The molecule has 6 aromatic rings. The van der Waals surface area contributed by atoms with Crippen LogP contribution in [0.3, 0.4) is 0 Å². The van der Waals surface area contributed by atoms with Crippen LogP contribution in [-0.4, -0.2) is 35.1 Å². The van der Waals surface area contributed by atoms with E-state index >= 15 is 0 Å². The number of thiophene rings is 1. The van der Waals surface area contributed by atoms with Gasteiger partial charge < -0.3 is 10.3 Å². The number of aromatic nitrogens is 7. The third-order valence-corrected chi connectivity index (χ3v) is 6.42. The lowest BCUT2D eigenvalue weighted by molar-refractivity contribution is 0.913. The summed E-state index contributed by atoms with van der Waals surface area (Å²) in [6, 6.07) is 9.94. The first kappa shape index (κ1) is 21.2. The minimum atomic E-state index is 0.643. The largest absolute Gasteiger partial charge is 0.358 e. The molecule has 9 heteroatoms. The van der Waals surface area contributed by atoms with E-state index in [4.69, 9.17) is 9.97 Å². The van der Waals surface area contributed by atoms with Gasteiger partial charge in [-0.2, -0.15) is 16.4 Å². The molecule has 0 aliphatic heterocycles. The van der Waals surface area contributed by atoms with E-state index in [0.29, 0.717) is 11.5 Å². The third-order valence-electron chi connectivity index (χ3n) is 5.73. The molecule has 0 bridgehead atoms. The number of aromatic amines is 2. The van der Waals surface area contributed by atoms with Crippen molar-refractivity contribution in [3.8, 4) is 34.0 Å². The summed E-state index contributed by atoms with van der Waals surface area (Å²) >= 11 is 1.64. The Labute approximate surface area is 205 Å². The number of nitrogens with zero attached hydrogens (tertiary/aromatic N) is 5. The van der Waals surface area contributed by atoms with Gasteiger partial charge in [-0.25, -0.2) is 9.97 Å². The van der Waals surface area contributed by atoms with Crippen molar-refractivity contribution >= 4 is 39.1 Å². The lowest BCUT2D eigenvalue weighted by atomic mass is 10.1. The van der Waals surface area contributed by atoms with E-state index in [1.807, 2.05) is 41.9 Å². The van der Waals surface area contributed by atoms with Crippen LogP contribution in [0.4, 0.5) is 5.69 Å². The van der Waals surface area contributed by atoms with Crippen molar-refractivity contribution in [1.29, 1.82) is 0 Å². The molecule has 8 nitrogen and oxygen atoms in total. The van der Waals surface area contributed by atoms with Crippen LogP contribution in [0, 0.1) is 0 Å². The zero-order valence-corrected chi connectivity index (χ0v) is 19.9. The SMILES string of the molecule is C=C(CCC)Nc1cncc(-c2ccc3[nH]nc(-c4nc5c(-c6ccsc6)nccc5[nH]4)c3n2)c1. The van der Waals surface area contributed by atoms with Crippen molar-refractivity contribution in [2.75, 3.05) is 5.32 Å². The first-order valence-corrected chi connectivity index (χ1v) is 12.3. The van der Waals surface area contributed by atoms with Gasteiger partial charge in [0.2, 0.25) is 0 Å². The van der Waals surface area contributed by atoms with E-state index < -0.39 is 0 Å². The average Bonchev–Trinajstić information content (AvgIpc) is 3.63. The van der Waals surface area contributed by atoms with Crippen molar-refractivity contribution < 1.29 is 0 Å². The first-order valence-electron chi connectivity index (χ1n) is 11.3. The van der Waals surface area contributed by atoms with E-state index in [9.17, 15) is 0 Å². The summed E-state index contributed by atoms with van der Waals surface area (Å²) in [5.41, 5.74) is 9.40. The van der Waals surface area contributed by atoms with Gasteiger partial charge in [0.1, 0.15) is 11.0 Å². The number of nitrogens with one attached hydrogen (secondary N) is 3. The van der Waals surface area contributed by atoms with Crippen molar-refractivity contribution in [2.24, 2.45) is 0 Å². The number of H-pyrrole nitrogens is 2. The highest BCUT2D eigenvalue weighted by atomic mass is 32.1. The predicted octanol–water partition coefficient (Wildman–Crippen LogP) is 6.41. The Morgan fingerprint density at radius 2 is 1.94 bits per heavy atom. The minimum Gasteiger partial charge on any atom is -0.358 e. The van der Waals surface area contributed by atoms with Crippen LogP contribution in [0.5, 0.6) is 0 Å². The molecule has 6 heterocycles. The maximum atomic E-state index is 4.92. The molecule has 0 aliphatic rings. The molecular formula is C26H22N8S. The van der Waals surface area contributed by atoms with Crippen molar-refractivity contribution in [3.05, 3.63) is 72.0 Å². The number of hydrogen-bond donors (Lipinski definition) is 3. The predicted molar refractivity (Wildman–Crippen MR) is 141 cm³/mol. The molecule has 0 atom stereocenters. The van der Waals surface area contributed by atoms with E-state index in [0.717, 1.165) is 68.8 Å². The first-order chi connectivity index (χ1) is 17.2. The summed E-state index contributed by atoms with van der Waals surface area (Å²) in [5.74, 6) is 0.643. The van der Waals surface area contributed by atoms with E-state index in [2.05, 4.69) is 49.3 Å². The van der Waals surface area contributed by atoms with E-state index in [1.165, 1.54) is 0 Å². The highest BCUT2D eigenvalue weighted by Crippen LogP contribution is 2.31.